The van der Waals surface area contributed by atoms with Crippen LogP contribution in [0.15, 0.2) is 47.6 Å². The van der Waals surface area contributed by atoms with Crippen molar-refractivity contribution in [3.63, 3.8) is 0 Å². The van der Waals surface area contributed by atoms with E-state index in [0.29, 0.717) is 12.5 Å². The van der Waals surface area contributed by atoms with Crippen LogP contribution in [-0.2, 0) is 11.4 Å². The van der Waals surface area contributed by atoms with Crippen LogP contribution in [0.4, 0.5) is 0 Å². The lowest BCUT2D eigenvalue weighted by molar-refractivity contribution is -0.123. The van der Waals surface area contributed by atoms with E-state index in [2.05, 4.69) is 74.8 Å². The van der Waals surface area contributed by atoms with Crippen molar-refractivity contribution in [3.05, 3.63) is 60.7 Å². The summed E-state index contributed by atoms with van der Waals surface area (Å²) in [4.78, 5) is 12.5. The number of carbonyl (C=O) groups excluding carboxylic acids is 1. The largest absolute Gasteiger partial charge is 0.487 e. The third kappa shape index (κ3) is 4.62. The molecule has 4 rings (SSSR count). The number of rotatable bonds is 6. The van der Waals surface area contributed by atoms with Crippen molar-refractivity contribution in [2.75, 3.05) is 0 Å². The Morgan fingerprint density at radius 2 is 1.97 bits per heavy atom. The lowest BCUT2D eigenvalue weighted by atomic mass is 9.90. The van der Waals surface area contributed by atoms with Gasteiger partial charge in [0.15, 0.2) is 0 Å². The van der Waals surface area contributed by atoms with Crippen LogP contribution in [0, 0.1) is 24.4 Å². The third-order valence-electron chi connectivity index (χ3n) is 6.25. The zero-order valence-electron chi connectivity index (χ0n) is 16.3. The topological polar surface area (TPSA) is 50.7 Å². The smallest absolute Gasteiger partial charge is 0.244 e. The van der Waals surface area contributed by atoms with E-state index in [-0.39, 0.29) is 17.2 Å². The molecule has 0 saturated heterocycles. The highest BCUT2D eigenvalue weighted by atomic mass is 127. The van der Waals surface area contributed by atoms with Gasteiger partial charge < -0.3 is 4.74 Å². The van der Waals surface area contributed by atoms with Gasteiger partial charge in [0.25, 0.3) is 0 Å². The molecule has 0 radical (unpaired) electrons. The summed E-state index contributed by atoms with van der Waals surface area (Å²) in [6, 6.07) is 14.2. The first kappa shape index (κ1) is 21.1. The van der Waals surface area contributed by atoms with E-state index in [0.717, 1.165) is 24.0 Å². The van der Waals surface area contributed by atoms with Crippen molar-refractivity contribution in [2.24, 2.45) is 22.4 Å². The van der Waals surface area contributed by atoms with E-state index < -0.39 is 0 Å². The van der Waals surface area contributed by atoms with Gasteiger partial charge >= 0.3 is 0 Å². The van der Waals surface area contributed by atoms with E-state index in [1.54, 1.807) is 6.21 Å². The zero-order chi connectivity index (χ0) is 20.4. The molecule has 152 valence electrons. The molecule has 0 bridgehead atoms. The number of hydrogen-bond acceptors (Lipinski definition) is 3. The second-order valence-electron chi connectivity index (χ2n) is 8.16. The van der Waals surface area contributed by atoms with E-state index in [1.807, 2.05) is 30.3 Å². The molecule has 2 aliphatic carbocycles. The quantitative estimate of drug-likeness (QED) is 0.256. The summed E-state index contributed by atoms with van der Waals surface area (Å²) >= 11 is 4.57. The Balaban J connectivity index is 1.36. The fourth-order valence-electron chi connectivity index (χ4n) is 4.61. The molecule has 4 nitrogen and oxygen atoms in total. The van der Waals surface area contributed by atoms with Crippen LogP contribution in [0.3, 0.4) is 0 Å². The maximum absolute atomic E-state index is 12.5. The van der Waals surface area contributed by atoms with E-state index in [9.17, 15) is 4.79 Å². The fraction of sp³-hybridized carbons (Fsp3) is 0.391. The molecular formula is C23H24I2N2O2. The van der Waals surface area contributed by atoms with Crippen molar-refractivity contribution in [1.29, 1.82) is 0 Å². The number of amides is 1. The van der Waals surface area contributed by atoms with Crippen LogP contribution >= 0.6 is 45.2 Å². The Labute approximate surface area is 199 Å². The van der Waals surface area contributed by atoms with Crippen molar-refractivity contribution in [3.8, 4) is 5.75 Å². The molecule has 2 saturated carbocycles. The minimum atomic E-state index is 0.0721. The molecule has 0 aromatic heterocycles. The minimum Gasteiger partial charge on any atom is -0.487 e. The van der Waals surface area contributed by atoms with E-state index in [4.69, 9.17) is 4.74 Å². The molecule has 6 heteroatoms. The molecule has 1 N–H and O–H groups in total. The summed E-state index contributed by atoms with van der Waals surface area (Å²) in [6.07, 6.45) is 6.56. The average molecular weight is 614 g/mol. The van der Waals surface area contributed by atoms with Crippen molar-refractivity contribution in [2.45, 2.75) is 39.2 Å². The Bertz CT molecular complexity index is 909. The SMILES string of the molecule is C[C@]12CCCC[C@H]1[C@@H]2C(=O)N/N=C\c1cc(I)c(OCc2ccccc2)c(I)c1. The molecule has 29 heavy (non-hydrogen) atoms. The number of hydrogen-bond donors (Lipinski definition) is 1. The summed E-state index contributed by atoms with van der Waals surface area (Å²) in [7, 11) is 0. The van der Waals surface area contributed by atoms with Gasteiger partial charge in [-0.05, 0) is 92.6 Å². The van der Waals surface area contributed by atoms with E-state index >= 15 is 0 Å². The maximum Gasteiger partial charge on any atom is 0.244 e. The monoisotopic (exact) mass is 614 g/mol. The van der Waals surface area contributed by atoms with Crippen LogP contribution in [0.5, 0.6) is 5.75 Å². The van der Waals surface area contributed by atoms with Gasteiger partial charge in [0.2, 0.25) is 5.91 Å². The second-order valence-corrected chi connectivity index (χ2v) is 10.5. The summed E-state index contributed by atoms with van der Waals surface area (Å²) in [6.45, 7) is 2.79. The first-order chi connectivity index (χ1) is 14.0. The van der Waals surface area contributed by atoms with Gasteiger partial charge in [0.1, 0.15) is 12.4 Å². The van der Waals surface area contributed by atoms with Gasteiger partial charge in [-0.1, -0.05) is 50.1 Å². The number of carbonyl (C=O) groups is 1. The van der Waals surface area contributed by atoms with Crippen LogP contribution in [0.1, 0.15) is 43.7 Å². The van der Waals surface area contributed by atoms with Crippen LogP contribution < -0.4 is 10.2 Å². The number of benzene rings is 2. The molecule has 1 amide bonds. The Morgan fingerprint density at radius 3 is 2.62 bits per heavy atom. The molecular weight excluding hydrogens is 590 g/mol. The summed E-state index contributed by atoms with van der Waals surface area (Å²) in [5, 5.41) is 4.23. The Kier molecular flexibility index (Phi) is 6.48. The second kappa shape index (κ2) is 8.91. The predicted octanol–water partition coefficient (Wildman–Crippen LogP) is 5.75. The van der Waals surface area contributed by atoms with Gasteiger partial charge in [-0.3, -0.25) is 4.79 Å². The molecule has 2 aromatic carbocycles. The van der Waals surface area contributed by atoms with Crippen LogP contribution in [-0.4, -0.2) is 12.1 Å². The highest BCUT2D eigenvalue weighted by Gasteiger charge is 2.64. The van der Waals surface area contributed by atoms with Gasteiger partial charge in [0.05, 0.1) is 13.4 Å². The number of halogens is 2. The third-order valence-corrected chi connectivity index (χ3v) is 7.85. The molecule has 3 atom stereocenters. The predicted molar refractivity (Wildman–Crippen MR) is 132 cm³/mol. The number of nitrogens with zero attached hydrogens (tertiary/aromatic N) is 1. The summed E-state index contributed by atoms with van der Waals surface area (Å²) in [5.74, 6) is 1.64. The summed E-state index contributed by atoms with van der Waals surface area (Å²) in [5.41, 5.74) is 5.07. The molecule has 2 aromatic rings. The van der Waals surface area contributed by atoms with Crippen molar-refractivity contribution < 1.29 is 9.53 Å². The molecule has 0 aliphatic heterocycles. The lowest BCUT2D eigenvalue weighted by Gasteiger charge is -2.15. The average Bonchev–Trinajstić information content (AvgIpc) is 3.33. The maximum atomic E-state index is 12.5. The molecule has 2 fully saturated rings. The number of hydrazone groups is 1. The van der Waals surface area contributed by atoms with Crippen LogP contribution in [0.2, 0.25) is 0 Å². The standard InChI is InChI=1S/C23H24I2N2O2/c1-23-10-6-5-9-17(23)20(23)22(28)27-26-13-16-11-18(24)21(19(25)12-16)29-14-15-7-3-2-4-8-15/h2-4,7-8,11-13,17,20H,5-6,9-10,14H2,1H3,(H,27,28)/b26-13-/t17-,20+,23-/m0/s1. The minimum absolute atomic E-state index is 0.0721. The highest BCUT2D eigenvalue weighted by molar-refractivity contribution is 14.1. The van der Waals surface area contributed by atoms with Gasteiger partial charge in [0, 0.05) is 5.92 Å². The lowest BCUT2D eigenvalue weighted by Crippen LogP contribution is -2.22. The Hall–Kier alpha value is -1.16. The number of ether oxygens (including phenoxy) is 1. The first-order valence-corrected chi connectivity index (χ1v) is 12.1. The molecule has 2 aliphatic rings. The van der Waals surface area contributed by atoms with E-state index in [1.165, 1.54) is 25.7 Å². The fourth-order valence-corrected chi connectivity index (χ4v) is 6.74. The van der Waals surface area contributed by atoms with Crippen molar-refractivity contribution in [1.82, 2.24) is 5.43 Å². The number of fused-ring (bicyclic) bond motifs is 1. The van der Waals surface area contributed by atoms with Crippen molar-refractivity contribution >= 4 is 57.3 Å². The van der Waals surface area contributed by atoms with Gasteiger partial charge in [-0.2, -0.15) is 5.10 Å². The number of nitrogens with one attached hydrogen (secondary N) is 1. The first-order valence-electron chi connectivity index (χ1n) is 9.98. The highest BCUT2D eigenvalue weighted by Crippen LogP contribution is 2.66. The Morgan fingerprint density at radius 1 is 1.24 bits per heavy atom. The zero-order valence-corrected chi connectivity index (χ0v) is 20.6. The van der Waals surface area contributed by atoms with Gasteiger partial charge in [-0.15, -0.1) is 0 Å². The molecule has 0 heterocycles. The van der Waals surface area contributed by atoms with Gasteiger partial charge in [-0.25, -0.2) is 5.43 Å². The normalized spacial score (nSPS) is 25.5. The molecule has 0 spiro atoms. The summed E-state index contributed by atoms with van der Waals surface area (Å²) < 4.78 is 8.08. The van der Waals surface area contributed by atoms with Crippen LogP contribution in [0.25, 0.3) is 0 Å². The molecule has 0 unspecified atom stereocenters.